The average Bonchev–Trinajstić information content (AvgIpc) is 2.92. The molecule has 2 aliphatic carbocycles. The standard InChI is InChI=1S/C18H22N2O2.ClH/c19-13-8-11-4-3-5-12(9-13)17(11)20-18(21)15-10-22-16-7-2-1-6-14(15)16;/h1-2,6-7,10-13,17H,3-5,8-9,19H2,(H,20,21);1H. The van der Waals surface area contributed by atoms with Crippen LogP contribution in [0.25, 0.3) is 11.0 Å². The number of para-hydroxylation sites is 1. The summed E-state index contributed by atoms with van der Waals surface area (Å²) in [7, 11) is 0. The Bertz CT molecular complexity index is 685. The number of nitrogens with one attached hydrogen (secondary N) is 1. The Morgan fingerprint density at radius 2 is 1.87 bits per heavy atom. The van der Waals surface area contributed by atoms with Gasteiger partial charge in [-0.05, 0) is 43.6 Å². The number of halogens is 1. The smallest absolute Gasteiger partial charge is 0.255 e. The summed E-state index contributed by atoms with van der Waals surface area (Å²) < 4.78 is 5.49. The first-order valence-electron chi connectivity index (χ1n) is 8.25. The van der Waals surface area contributed by atoms with Gasteiger partial charge in [-0.3, -0.25) is 4.79 Å². The molecule has 2 saturated carbocycles. The first-order chi connectivity index (χ1) is 10.7. The van der Waals surface area contributed by atoms with Crippen molar-refractivity contribution in [3.63, 3.8) is 0 Å². The number of nitrogens with two attached hydrogens (primary N) is 1. The number of carbonyl (C=O) groups excluding carboxylic acids is 1. The van der Waals surface area contributed by atoms with E-state index in [9.17, 15) is 4.79 Å². The van der Waals surface area contributed by atoms with Crippen LogP contribution in [-0.2, 0) is 0 Å². The van der Waals surface area contributed by atoms with Crippen LogP contribution in [0.1, 0.15) is 42.5 Å². The van der Waals surface area contributed by atoms with E-state index < -0.39 is 0 Å². The lowest BCUT2D eigenvalue weighted by Gasteiger charge is -2.45. The highest BCUT2D eigenvalue weighted by molar-refractivity contribution is 6.06. The van der Waals surface area contributed by atoms with E-state index in [1.54, 1.807) is 6.26 Å². The number of amides is 1. The van der Waals surface area contributed by atoms with Crippen LogP contribution in [0.2, 0.25) is 0 Å². The maximum atomic E-state index is 12.7. The van der Waals surface area contributed by atoms with Crippen LogP contribution in [0, 0.1) is 11.8 Å². The quantitative estimate of drug-likeness (QED) is 0.883. The second kappa shape index (κ2) is 6.54. The van der Waals surface area contributed by atoms with Gasteiger partial charge in [0.05, 0.1) is 5.56 Å². The van der Waals surface area contributed by atoms with Gasteiger partial charge in [-0.25, -0.2) is 0 Å². The molecule has 2 aliphatic rings. The van der Waals surface area contributed by atoms with Crippen molar-refractivity contribution in [1.29, 1.82) is 0 Å². The van der Waals surface area contributed by atoms with E-state index in [0.717, 1.165) is 23.8 Å². The molecule has 1 heterocycles. The van der Waals surface area contributed by atoms with Crippen LogP contribution in [0.15, 0.2) is 34.9 Å². The zero-order valence-electron chi connectivity index (χ0n) is 13.0. The first kappa shape index (κ1) is 16.3. The summed E-state index contributed by atoms with van der Waals surface area (Å²) in [6.07, 6.45) is 7.27. The van der Waals surface area contributed by atoms with E-state index in [4.69, 9.17) is 10.2 Å². The second-order valence-electron chi connectivity index (χ2n) is 6.83. The fraction of sp³-hybridized carbons (Fsp3) is 0.500. The lowest BCUT2D eigenvalue weighted by Crippen LogP contribution is -2.53. The minimum atomic E-state index is -0.0117. The lowest BCUT2D eigenvalue weighted by atomic mass is 9.67. The molecule has 2 bridgehead atoms. The van der Waals surface area contributed by atoms with Crippen molar-refractivity contribution < 1.29 is 9.21 Å². The molecule has 1 amide bonds. The summed E-state index contributed by atoms with van der Waals surface area (Å²) >= 11 is 0. The zero-order valence-corrected chi connectivity index (χ0v) is 13.9. The molecule has 4 nitrogen and oxygen atoms in total. The van der Waals surface area contributed by atoms with E-state index in [2.05, 4.69) is 5.32 Å². The molecule has 0 spiro atoms. The first-order valence-corrected chi connectivity index (χ1v) is 8.25. The van der Waals surface area contributed by atoms with E-state index in [1.807, 2.05) is 24.3 Å². The largest absolute Gasteiger partial charge is 0.463 e. The van der Waals surface area contributed by atoms with Crippen molar-refractivity contribution in [3.8, 4) is 0 Å². The number of furan rings is 1. The Kier molecular flexibility index (Phi) is 4.64. The fourth-order valence-corrected chi connectivity index (χ4v) is 4.41. The summed E-state index contributed by atoms with van der Waals surface area (Å²) in [6, 6.07) is 8.25. The molecule has 124 valence electrons. The van der Waals surface area contributed by atoms with Crippen molar-refractivity contribution >= 4 is 29.3 Å². The average molecular weight is 335 g/mol. The van der Waals surface area contributed by atoms with Gasteiger partial charge in [0, 0.05) is 17.5 Å². The molecular formula is C18H23ClN2O2. The monoisotopic (exact) mass is 334 g/mol. The minimum Gasteiger partial charge on any atom is -0.463 e. The van der Waals surface area contributed by atoms with Crippen LogP contribution >= 0.6 is 12.4 Å². The molecule has 3 N–H and O–H groups in total. The molecule has 2 unspecified atom stereocenters. The Hall–Kier alpha value is -1.52. The summed E-state index contributed by atoms with van der Waals surface area (Å²) in [4.78, 5) is 12.7. The highest BCUT2D eigenvalue weighted by Crippen LogP contribution is 2.39. The Morgan fingerprint density at radius 3 is 2.61 bits per heavy atom. The van der Waals surface area contributed by atoms with Crippen LogP contribution in [-0.4, -0.2) is 18.0 Å². The molecule has 2 aromatic rings. The predicted octanol–water partition coefficient (Wildman–Crippen LogP) is 3.49. The number of benzene rings is 1. The highest BCUT2D eigenvalue weighted by atomic mass is 35.5. The molecule has 0 aliphatic heterocycles. The van der Waals surface area contributed by atoms with Gasteiger partial charge in [0.15, 0.2) is 0 Å². The van der Waals surface area contributed by atoms with Gasteiger partial charge in [-0.1, -0.05) is 24.6 Å². The van der Waals surface area contributed by atoms with Gasteiger partial charge in [-0.2, -0.15) is 0 Å². The third kappa shape index (κ3) is 2.98. The van der Waals surface area contributed by atoms with Crippen molar-refractivity contribution in [2.45, 2.75) is 44.2 Å². The van der Waals surface area contributed by atoms with Crippen LogP contribution in [0.3, 0.4) is 0 Å². The van der Waals surface area contributed by atoms with Crippen molar-refractivity contribution in [2.24, 2.45) is 17.6 Å². The normalized spacial score (nSPS) is 29.8. The van der Waals surface area contributed by atoms with Crippen molar-refractivity contribution in [1.82, 2.24) is 5.32 Å². The Labute approximate surface area is 142 Å². The van der Waals surface area contributed by atoms with E-state index in [1.165, 1.54) is 19.3 Å². The van der Waals surface area contributed by atoms with Gasteiger partial charge < -0.3 is 15.5 Å². The number of fused-ring (bicyclic) bond motifs is 3. The number of carbonyl (C=O) groups is 1. The van der Waals surface area contributed by atoms with E-state index in [0.29, 0.717) is 23.4 Å². The van der Waals surface area contributed by atoms with Crippen molar-refractivity contribution in [3.05, 3.63) is 36.1 Å². The van der Waals surface area contributed by atoms with Crippen LogP contribution < -0.4 is 11.1 Å². The van der Waals surface area contributed by atoms with Crippen LogP contribution in [0.4, 0.5) is 0 Å². The molecule has 5 heteroatoms. The summed E-state index contributed by atoms with van der Waals surface area (Å²) in [5.41, 5.74) is 7.56. The third-order valence-corrected chi connectivity index (χ3v) is 5.40. The molecule has 2 fully saturated rings. The van der Waals surface area contributed by atoms with Gasteiger partial charge in [-0.15, -0.1) is 12.4 Å². The van der Waals surface area contributed by atoms with Gasteiger partial charge in [0.1, 0.15) is 11.8 Å². The highest BCUT2D eigenvalue weighted by Gasteiger charge is 2.40. The van der Waals surface area contributed by atoms with E-state index in [-0.39, 0.29) is 24.4 Å². The molecule has 23 heavy (non-hydrogen) atoms. The predicted molar refractivity (Wildman–Crippen MR) is 92.8 cm³/mol. The van der Waals surface area contributed by atoms with Gasteiger partial charge in [0.2, 0.25) is 0 Å². The maximum absolute atomic E-state index is 12.7. The summed E-state index contributed by atoms with van der Waals surface area (Å²) in [5, 5.41) is 4.17. The Morgan fingerprint density at radius 1 is 1.17 bits per heavy atom. The summed E-state index contributed by atoms with van der Waals surface area (Å²) in [5.74, 6) is 1.05. The topological polar surface area (TPSA) is 68.3 Å². The molecular weight excluding hydrogens is 312 g/mol. The minimum absolute atomic E-state index is 0. The maximum Gasteiger partial charge on any atom is 0.255 e. The lowest BCUT2D eigenvalue weighted by molar-refractivity contribution is 0.0756. The molecule has 4 rings (SSSR count). The second-order valence-corrected chi connectivity index (χ2v) is 6.83. The zero-order chi connectivity index (χ0) is 15.1. The summed E-state index contributed by atoms with van der Waals surface area (Å²) in [6.45, 7) is 0. The van der Waals surface area contributed by atoms with Crippen LogP contribution in [0.5, 0.6) is 0 Å². The molecule has 1 aromatic heterocycles. The third-order valence-electron chi connectivity index (χ3n) is 5.40. The fourth-order valence-electron chi connectivity index (χ4n) is 4.41. The molecule has 2 atom stereocenters. The molecule has 1 aromatic carbocycles. The molecule has 0 saturated heterocycles. The van der Waals surface area contributed by atoms with Gasteiger partial charge in [0.25, 0.3) is 5.91 Å². The SMILES string of the molecule is Cl.NC1CC2CCCC(C1)C2NC(=O)c1coc2ccccc12. The van der Waals surface area contributed by atoms with Gasteiger partial charge >= 0.3 is 0 Å². The number of hydrogen-bond acceptors (Lipinski definition) is 3. The number of hydrogen-bond donors (Lipinski definition) is 2. The van der Waals surface area contributed by atoms with E-state index >= 15 is 0 Å². The van der Waals surface area contributed by atoms with Crippen molar-refractivity contribution in [2.75, 3.05) is 0 Å². The number of rotatable bonds is 2. The Balaban J connectivity index is 0.00000156. The molecule has 0 radical (unpaired) electrons.